The number of hydrogen-bond acceptors (Lipinski definition) is 3. The van der Waals surface area contributed by atoms with Crippen molar-refractivity contribution in [2.24, 2.45) is 5.92 Å². The maximum Gasteiger partial charge on any atom is 0.248 e. The predicted molar refractivity (Wildman–Crippen MR) is 80.8 cm³/mol. The molecule has 1 amide bonds. The molecule has 0 bridgehead atoms. The van der Waals surface area contributed by atoms with Gasteiger partial charge >= 0.3 is 0 Å². The Labute approximate surface area is 125 Å². The smallest absolute Gasteiger partial charge is 0.248 e. The van der Waals surface area contributed by atoms with Gasteiger partial charge in [-0.05, 0) is 50.8 Å². The van der Waals surface area contributed by atoms with Crippen molar-refractivity contribution in [3.05, 3.63) is 42.5 Å². The van der Waals surface area contributed by atoms with Crippen LogP contribution < -0.4 is 5.32 Å². The second-order valence-corrected chi connectivity index (χ2v) is 6.16. The minimum atomic E-state index is -0.464. The zero-order chi connectivity index (χ0) is 14.9. The topological polar surface area (TPSA) is 47.6 Å². The van der Waals surface area contributed by atoms with Gasteiger partial charge in [0.1, 0.15) is 0 Å². The number of ether oxygens (including phenoxy) is 2. The van der Waals surface area contributed by atoms with E-state index >= 15 is 0 Å². The van der Waals surface area contributed by atoms with Crippen LogP contribution in [0.5, 0.6) is 0 Å². The Hall–Kier alpha value is -1.65. The minimum Gasteiger partial charge on any atom is -0.345 e. The van der Waals surface area contributed by atoms with E-state index in [1.165, 1.54) is 0 Å². The molecule has 1 aliphatic carbocycles. The quantitative estimate of drug-likeness (QED) is 0.869. The standard InChI is InChI=1S/C17H21NO3/c1-17(2)20-14-10-12(11-15(14)21-17)8-9-16(19)18-13-6-4-3-5-7-13/h3-9,12,14-15H,10-11H2,1-2H3,(H,18,19)/b9-8+/t12?,14-,15+. The van der Waals surface area contributed by atoms with Crippen molar-refractivity contribution in [2.75, 3.05) is 5.32 Å². The molecule has 1 heterocycles. The molecular weight excluding hydrogens is 266 g/mol. The summed E-state index contributed by atoms with van der Waals surface area (Å²) in [4.78, 5) is 11.9. The molecule has 2 aliphatic rings. The second-order valence-electron chi connectivity index (χ2n) is 6.16. The molecule has 3 rings (SSSR count). The summed E-state index contributed by atoms with van der Waals surface area (Å²) in [6, 6.07) is 9.46. The number of carbonyl (C=O) groups is 1. The third-order valence-electron chi connectivity index (χ3n) is 3.92. The Morgan fingerprint density at radius 3 is 2.43 bits per heavy atom. The van der Waals surface area contributed by atoms with E-state index in [1.807, 2.05) is 50.3 Å². The Morgan fingerprint density at radius 2 is 1.81 bits per heavy atom. The Morgan fingerprint density at radius 1 is 1.19 bits per heavy atom. The molecule has 112 valence electrons. The third kappa shape index (κ3) is 3.52. The number of anilines is 1. The maximum absolute atomic E-state index is 11.9. The van der Waals surface area contributed by atoms with Gasteiger partial charge < -0.3 is 14.8 Å². The summed E-state index contributed by atoms with van der Waals surface area (Å²) < 4.78 is 11.7. The highest BCUT2D eigenvalue weighted by molar-refractivity contribution is 5.99. The number of fused-ring (bicyclic) bond motifs is 1. The lowest BCUT2D eigenvalue weighted by molar-refractivity contribution is -0.152. The molecule has 0 radical (unpaired) electrons. The SMILES string of the molecule is CC1(C)O[C@H]2CC(/C=C/C(=O)Nc3ccccc3)C[C@H]2O1. The summed E-state index contributed by atoms with van der Waals surface area (Å²) in [5.74, 6) is -0.215. The number of carbonyl (C=O) groups excluding carboxylic acids is 1. The first-order chi connectivity index (χ1) is 10.0. The van der Waals surface area contributed by atoms with E-state index in [4.69, 9.17) is 9.47 Å². The first kappa shape index (κ1) is 14.3. The van der Waals surface area contributed by atoms with E-state index in [9.17, 15) is 4.79 Å². The van der Waals surface area contributed by atoms with Crippen LogP contribution in [0.2, 0.25) is 0 Å². The van der Waals surface area contributed by atoms with Gasteiger partial charge in [0.05, 0.1) is 12.2 Å². The number of hydrogen-bond donors (Lipinski definition) is 1. The lowest BCUT2D eigenvalue weighted by Gasteiger charge is -2.19. The normalized spacial score (nSPS) is 30.5. The number of nitrogens with one attached hydrogen (secondary N) is 1. The monoisotopic (exact) mass is 287 g/mol. The molecule has 3 atom stereocenters. The van der Waals surface area contributed by atoms with Gasteiger partial charge in [-0.3, -0.25) is 4.79 Å². The van der Waals surface area contributed by atoms with E-state index in [0.717, 1.165) is 18.5 Å². The van der Waals surface area contributed by atoms with Crippen molar-refractivity contribution in [3.8, 4) is 0 Å². The van der Waals surface area contributed by atoms with Gasteiger partial charge in [0, 0.05) is 5.69 Å². The molecule has 1 aliphatic heterocycles. The van der Waals surface area contributed by atoms with Gasteiger partial charge in [-0.15, -0.1) is 0 Å². The molecule has 0 spiro atoms. The van der Waals surface area contributed by atoms with Crippen molar-refractivity contribution in [3.63, 3.8) is 0 Å². The van der Waals surface area contributed by atoms with Crippen LogP contribution in [0.15, 0.2) is 42.5 Å². The predicted octanol–water partition coefficient (Wildman–Crippen LogP) is 3.11. The number of amides is 1. The fourth-order valence-corrected chi connectivity index (χ4v) is 3.09. The van der Waals surface area contributed by atoms with E-state index < -0.39 is 5.79 Å². The zero-order valence-electron chi connectivity index (χ0n) is 12.4. The Kier molecular flexibility index (Phi) is 3.83. The number of para-hydroxylation sites is 1. The average molecular weight is 287 g/mol. The molecule has 0 aromatic heterocycles. The highest BCUT2D eigenvalue weighted by atomic mass is 16.8. The van der Waals surface area contributed by atoms with E-state index in [2.05, 4.69) is 5.32 Å². The molecule has 2 fully saturated rings. The van der Waals surface area contributed by atoms with Crippen LogP contribution >= 0.6 is 0 Å². The minimum absolute atomic E-state index is 0.0968. The molecule has 1 aromatic carbocycles. The largest absolute Gasteiger partial charge is 0.345 e. The van der Waals surface area contributed by atoms with Gasteiger partial charge in [0.2, 0.25) is 5.91 Å². The first-order valence-electron chi connectivity index (χ1n) is 7.42. The van der Waals surface area contributed by atoms with Gasteiger partial charge in [0.15, 0.2) is 5.79 Å². The molecule has 1 N–H and O–H groups in total. The van der Waals surface area contributed by atoms with Crippen LogP contribution in [0.25, 0.3) is 0 Å². The van der Waals surface area contributed by atoms with E-state index in [1.54, 1.807) is 6.08 Å². The fourth-order valence-electron chi connectivity index (χ4n) is 3.09. The summed E-state index contributed by atoms with van der Waals surface area (Å²) in [7, 11) is 0. The van der Waals surface area contributed by atoms with Crippen molar-refractivity contribution in [1.82, 2.24) is 0 Å². The van der Waals surface area contributed by atoms with Crippen LogP contribution in [-0.4, -0.2) is 23.9 Å². The van der Waals surface area contributed by atoms with Crippen molar-refractivity contribution < 1.29 is 14.3 Å². The number of allylic oxidation sites excluding steroid dienone is 1. The molecule has 4 heteroatoms. The molecular formula is C17H21NO3. The van der Waals surface area contributed by atoms with Gasteiger partial charge in [-0.1, -0.05) is 24.3 Å². The highest BCUT2D eigenvalue weighted by Gasteiger charge is 2.46. The van der Waals surface area contributed by atoms with Crippen LogP contribution in [0, 0.1) is 5.92 Å². The summed E-state index contributed by atoms with van der Waals surface area (Å²) >= 11 is 0. The van der Waals surface area contributed by atoms with Crippen molar-refractivity contribution in [2.45, 2.75) is 44.7 Å². The molecule has 21 heavy (non-hydrogen) atoms. The number of rotatable bonds is 3. The molecule has 1 aromatic rings. The summed E-state index contributed by atoms with van der Waals surface area (Å²) in [6.45, 7) is 3.90. The van der Waals surface area contributed by atoms with Crippen LogP contribution in [-0.2, 0) is 14.3 Å². The van der Waals surface area contributed by atoms with Gasteiger partial charge in [0.25, 0.3) is 0 Å². The Bertz CT molecular complexity index is 522. The lowest BCUT2D eigenvalue weighted by atomic mass is 10.1. The molecule has 1 unspecified atom stereocenters. The van der Waals surface area contributed by atoms with Crippen LogP contribution in [0.3, 0.4) is 0 Å². The van der Waals surface area contributed by atoms with E-state index in [0.29, 0.717) is 5.92 Å². The highest BCUT2D eigenvalue weighted by Crippen LogP contribution is 2.41. The van der Waals surface area contributed by atoms with Gasteiger partial charge in [-0.25, -0.2) is 0 Å². The van der Waals surface area contributed by atoms with Gasteiger partial charge in [-0.2, -0.15) is 0 Å². The zero-order valence-corrected chi connectivity index (χ0v) is 12.4. The summed E-state index contributed by atoms with van der Waals surface area (Å²) in [6.07, 6.45) is 5.74. The third-order valence-corrected chi connectivity index (χ3v) is 3.92. The molecule has 1 saturated carbocycles. The maximum atomic E-state index is 11.9. The fraction of sp³-hybridized carbons (Fsp3) is 0.471. The van der Waals surface area contributed by atoms with Crippen LogP contribution in [0.4, 0.5) is 5.69 Å². The Balaban J connectivity index is 1.51. The summed E-state index contributed by atoms with van der Waals surface area (Å²) in [5.41, 5.74) is 0.809. The lowest BCUT2D eigenvalue weighted by Crippen LogP contribution is -2.22. The summed E-state index contributed by atoms with van der Waals surface area (Å²) in [5, 5.41) is 2.84. The van der Waals surface area contributed by atoms with Crippen molar-refractivity contribution in [1.29, 1.82) is 0 Å². The molecule has 4 nitrogen and oxygen atoms in total. The average Bonchev–Trinajstić information content (AvgIpc) is 2.90. The van der Waals surface area contributed by atoms with Crippen LogP contribution in [0.1, 0.15) is 26.7 Å². The number of benzene rings is 1. The van der Waals surface area contributed by atoms with Crippen molar-refractivity contribution >= 4 is 11.6 Å². The van der Waals surface area contributed by atoms with E-state index in [-0.39, 0.29) is 18.1 Å². The molecule has 1 saturated heterocycles. The second kappa shape index (κ2) is 5.62. The first-order valence-corrected chi connectivity index (χ1v) is 7.42.